The predicted molar refractivity (Wildman–Crippen MR) is 93.7 cm³/mol. The molecule has 0 unspecified atom stereocenters. The Morgan fingerprint density at radius 2 is 1.92 bits per heavy atom. The molecule has 1 aromatic carbocycles. The largest absolute Gasteiger partial charge is 0.339 e. The number of rotatable bonds is 4. The highest BCUT2D eigenvalue weighted by molar-refractivity contribution is 7.09. The molecule has 3 aromatic rings. The Labute approximate surface area is 144 Å². The van der Waals surface area contributed by atoms with Gasteiger partial charge in [-0.05, 0) is 23.6 Å². The molecular formula is C17H19N5OS. The molecule has 0 radical (unpaired) electrons. The zero-order valence-electron chi connectivity index (χ0n) is 13.3. The molecule has 24 heavy (non-hydrogen) atoms. The molecular weight excluding hydrogens is 322 g/mol. The number of thiophene rings is 1. The number of carbonyl (C=O) groups excluding carboxylic acids is 1. The molecule has 0 spiro atoms. The molecule has 124 valence electrons. The van der Waals surface area contributed by atoms with Crippen LogP contribution >= 0.6 is 11.3 Å². The van der Waals surface area contributed by atoms with Gasteiger partial charge in [-0.2, -0.15) is 0 Å². The number of hydrogen-bond donors (Lipinski definition) is 0. The lowest BCUT2D eigenvalue weighted by Gasteiger charge is -2.34. The molecule has 6 nitrogen and oxygen atoms in total. The van der Waals surface area contributed by atoms with Gasteiger partial charge in [0.05, 0.1) is 5.52 Å². The van der Waals surface area contributed by atoms with Gasteiger partial charge < -0.3 is 4.90 Å². The van der Waals surface area contributed by atoms with Gasteiger partial charge in [0.25, 0.3) is 0 Å². The molecule has 0 N–H and O–H groups in total. The maximum Gasteiger partial charge on any atom is 0.244 e. The molecule has 1 amide bonds. The van der Waals surface area contributed by atoms with Crippen LogP contribution in [0.15, 0.2) is 41.8 Å². The second-order valence-corrected chi connectivity index (χ2v) is 7.00. The lowest BCUT2D eigenvalue weighted by atomic mass is 10.3. The molecule has 0 bridgehead atoms. The summed E-state index contributed by atoms with van der Waals surface area (Å²) in [5.41, 5.74) is 1.73. The summed E-state index contributed by atoms with van der Waals surface area (Å²) < 4.78 is 1.69. The maximum absolute atomic E-state index is 12.6. The lowest BCUT2D eigenvalue weighted by molar-refractivity contribution is -0.133. The fourth-order valence-electron chi connectivity index (χ4n) is 3.04. The fourth-order valence-corrected chi connectivity index (χ4v) is 3.79. The van der Waals surface area contributed by atoms with E-state index in [1.165, 1.54) is 4.88 Å². The zero-order valence-corrected chi connectivity index (χ0v) is 14.2. The number of hydrogen-bond acceptors (Lipinski definition) is 5. The van der Waals surface area contributed by atoms with Crippen LogP contribution in [0.25, 0.3) is 11.0 Å². The van der Waals surface area contributed by atoms with Crippen LogP contribution < -0.4 is 0 Å². The minimum atomic E-state index is 0.112. The van der Waals surface area contributed by atoms with Crippen LogP contribution in [0.2, 0.25) is 0 Å². The maximum atomic E-state index is 12.6. The highest BCUT2D eigenvalue weighted by atomic mass is 32.1. The van der Waals surface area contributed by atoms with Crippen LogP contribution in [-0.4, -0.2) is 56.9 Å². The second kappa shape index (κ2) is 6.70. The Hall–Kier alpha value is -2.25. The average Bonchev–Trinajstić information content (AvgIpc) is 3.26. The van der Waals surface area contributed by atoms with Gasteiger partial charge in [0.2, 0.25) is 5.91 Å². The predicted octanol–water partition coefficient (Wildman–Crippen LogP) is 1.84. The quantitative estimate of drug-likeness (QED) is 0.727. The van der Waals surface area contributed by atoms with Crippen LogP contribution in [0.3, 0.4) is 0 Å². The van der Waals surface area contributed by atoms with Crippen LogP contribution in [0, 0.1) is 0 Å². The van der Waals surface area contributed by atoms with Crippen molar-refractivity contribution in [2.45, 2.75) is 13.1 Å². The first-order valence-electron chi connectivity index (χ1n) is 8.10. The van der Waals surface area contributed by atoms with Crippen LogP contribution in [0.4, 0.5) is 0 Å². The molecule has 2 aromatic heterocycles. The van der Waals surface area contributed by atoms with Gasteiger partial charge in [-0.25, -0.2) is 4.68 Å². The third-order valence-corrected chi connectivity index (χ3v) is 5.25. The first-order valence-corrected chi connectivity index (χ1v) is 8.98. The normalized spacial score (nSPS) is 15.9. The first-order chi connectivity index (χ1) is 11.8. The molecule has 1 aliphatic heterocycles. The summed E-state index contributed by atoms with van der Waals surface area (Å²) in [5.74, 6) is 0.112. The topological polar surface area (TPSA) is 54.3 Å². The third kappa shape index (κ3) is 3.18. The van der Waals surface area contributed by atoms with E-state index in [9.17, 15) is 4.79 Å². The van der Waals surface area contributed by atoms with Crippen molar-refractivity contribution in [1.29, 1.82) is 0 Å². The van der Waals surface area contributed by atoms with Crippen molar-refractivity contribution in [2.75, 3.05) is 26.2 Å². The first kappa shape index (κ1) is 15.3. The average molecular weight is 341 g/mol. The summed E-state index contributed by atoms with van der Waals surface area (Å²) in [5, 5.41) is 10.3. The Kier molecular flexibility index (Phi) is 4.27. The van der Waals surface area contributed by atoms with Crippen LogP contribution in [-0.2, 0) is 17.9 Å². The second-order valence-electron chi connectivity index (χ2n) is 5.97. The van der Waals surface area contributed by atoms with Gasteiger partial charge >= 0.3 is 0 Å². The lowest BCUT2D eigenvalue weighted by Crippen LogP contribution is -2.49. The summed E-state index contributed by atoms with van der Waals surface area (Å²) in [7, 11) is 0. The molecule has 0 aliphatic carbocycles. The number of piperazine rings is 1. The van der Waals surface area contributed by atoms with E-state index in [0.29, 0.717) is 0 Å². The van der Waals surface area contributed by atoms with E-state index in [1.54, 1.807) is 16.0 Å². The number of benzene rings is 1. The van der Waals surface area contributed by atoms with Crippen molar-refractivity contribution in [3.8, 4) is 0 Å². The SMILES string of the molecule is O=C(Cn1nnc2ccccc21)N1CCN(Cc2cccs2)CC1. The molecule has 7 heteroatoms. The number of carbonyl (C=O) groups is 1. The molecule has 0 atom stereocenters. The number of nitrogens with zero attached hydrogens (tertiary/aromatic N) is 5. The summed E-state index contributed by atoms with van der Waals surface area (Å²) >= 11 is 1.79. The van der Waals surface area contributed by atoms with Crippen molar-refractivity contribution in [3.05, 3.63) is 46.7 Å². The van der Waals surface area contributed by atoms with E-state index in [1.807, 2.05) is 29.2 Å². The Balaban J connectivity index is 1.34. The molecule has 1 fully saturated rings. The summed E-state index contributed by atoms with van der Waals surface area (Å²) in [6.07, 6.45) is 0. The fraction of sp³-hybridized carbons (Fsp3) is 0.353. The van der Waals surface area contributed by atoms with Crippen LogP contribution in [0.1, 0.15) is 4.88 Å². The van der Waals surface area contributed by atoms with Gasteiger partial charge in [0, 0.05) is 37.6 Å². The highest BCUT2D eigenvalue weighted by Crippen LogP contribution is 2.14. The van der Waals surface area contributed by atoms with E-state index in [0.717, 1.165) is 43.8 Å². The van der Waals surface area contributed by atoms with Crippen molar-refractivity contribution < 1.29 is 4.79 Å². The van der Waals surface area contributed by atoms with Crippen molar-refractivity contribution in [2.24, 2.45) is 0 Å². The Bertz CT molecular complexity index is 821. The van der Waals surface area contributed by atoms with Gasteiger partial charge in [-0.3, -0.25) is 9.69 Å². The number of fused-ring (bicyclic) bond motifs is 1. The monoisotopic (exact) mass is 341 g/mol. The molecule has 1 saturated heterocycles. The van der Waals surface area contributed by atoms with Crippen molar-refractivity contribution >= 4 is 28.3 Å². The smallest absolute Gasteiger partial charge is 0.244 e. The zero-order chi connectivity index (χ0) is 16.4. The number of aromatic nitrogens is 3. The Morgan fingerprint density at radius 3 is 2.71 bits per heavy atom. The molecule has 4 rings (SSSR count). The van der Waals surface area contributed by atoms with Crippen molar-refractivity contribution in [3.63, 3.8) is 0 Å². The van der Waals surface area contributed by atoms with E-state index < -0.39 is 0 Å². The summed E-state index contributed by atoms with van der Waals surface area (Å²) in [6.45, 7) is 4.62. The van der Waals surface area contributed by atoms with Gasteiger partial charge in [0.1, 0.15) is 12.1 Å². The Morgan fingerprint density at radius 1 is 1.08 bits per heavy atom. The summed E-state index contributed by atoms with van der Waals surface area (Å²) in [6, 6.07) is 12.0. The molecule has 1 aliphatic rings. The van der Waals surface area contributed by atoms with E-state index in [2.05, 4.69) is 32.7 Å². The van der Waals surface area contributed by atoms with Crippen LogP contribution in [0.5, 0.6) is 0 Å². The minimum absolute atomic E-state index is 0.112. The summed E-state index contributed by atoms with van der Waals surface area (Å²) in [4.78, 5) is 18.3. The van der Waals surface area contributed by atoms with Gasteiger partial charge in [-0.15, -0.1) is 16.4 Å². The van der Waals surface area contributed by atoms with E-state index in [4.69, 9.17) is 0 Å². The van der Waals surface area contributed by atoms with Gasteiger partial charge in [0.15, 0.2) is 0 Å². The molecule has 0 saturated carbocycles. The van der Waals surface area contributed by atoms with E-state index >= 15 is 0 Å². The standard InChI is InChI=1S/C17H19N5OS/c23-17(13-22-16-6-2-1-5-15(16)18-19-22)21-9-7-20(8-10-21)12-14-4-3-11-24-14/h1-6,11H,7-10,12-13H2. The third-order valence-electron chi connectivity index (χ3n) is 4.39. The number of amides is 1. The molecule has 3 heterocycles. The number of para-hydroxylation sites is 1. The highest BCUT2D eigenvalue weighted by Gasteiger charge is 2.22. The van der Waals surface area contributed by atoms with Gasteiger partial charge in [-0.1, -0.05) is 23.4 Å². The minimum Gasteiger partial charge on any atom is -0.339 e. The van der Waals surface area contributed by atoms with Crippen molar-refractivity contribution in [1.82, 2.24) is 24.8 Å². The van der Waals surface area contributed by atoms with E-state index in [-0.39, 0.29) is 12.5 Å².